The molecule has 27 heavy (non-hydrogen) atoms. The third-order valence-corrected chi connectivity index (χ3v) is 6.04. The molecule has 3 aliphatic rings. The highest BCUT2D eigenvalue weighted by Gasteiger charge is 2.40. The molecule has 0 aliphatic heterocycles. The molecule has 4 rings (SSSR count). The number of anilines is 1. The van der Waals surface area contributed by atoms with Gasteiger partial charge in [0.25, 0.3) is 11.8 Å². The number of nitrogens with one attached hydrogen (secondary N) is 2. The molecule has 0 saturated heterocycles. The minimum absolute atomic E-state index is 0.193. The third kappa shape index (κ3) is 4.49. The van der Waals surface area contributed by atoms with E-state index in [0.29, 0.717) is 29.5 Å². The maximum absolute atomic E-state index is 12.3. The predicted octanol–water partition coefficient (Wildman–Crippen LogP) is 2.89. The summed E-state index contributed by atoms with van der Waals surface area (Å²) in [5, 5.41) is 5.60. The second kappa shape index (κ2) is 7.71. The summed E-state index contributed by atoms with van der Waals surface area (Å²) in [5.41, 5.74) is 0.857. The number of rotatable bonds is 7. The zero-order chi connectivity index (χ0) is 18.8. The molecule has 3 atom stereocenters. The summed E-state index contributed by atoms with van der Waals surface area (Å²) >= 11 is 0. The monoisotopic (exact) mass is 370 g/mol. The molecular formula is C21H26N2O4. The number of hydrogen-bond donors (Lipinski definition) is 2. The van der Waals surface area contributed by atoms with Crippen LogP contribution in [0.5, 0.6) is 0 Å². The number of carbonyl (C=O) groups excluding carboxylic acids is 3. The minimum Gasteiger partial charge on any atom is -0.456 e. The number of para-hydroxylation sites is 1. The van der Waals surface area contributed by atoms with E-state index in [1.54, 1.807) is 24.3 Å². The smallest absolute Gasteiger partial charge is 0.306 e. The summed E-state index contributed by atoms with van der Waals surface area (Å²) in [6.45, 7) is -0.321. The Labute approximate surface area is 159 Å². The number of amides is 2. The van der Waals surface area contributed by atoms with Gasteiger partial charge in [0.2, 0.25) is 0 Å². The van der Waals surface area contributed by atoms with E-state index >= 15 is 0 Å². The van der Waals surface area contributed by atoms with Crippen LogP contribution in [0, 0.1) is 17.8 Å². The number of hydrogen-bond acceptors (Lipinski definition) is 4. The Morgan fingerprint density at radius 3 is 2.56 bits per heavy atom. The summed E-state index contributed by atoms with van der Waals surface area (Å²) < 4.78 is 5.17. The standard InChI is InChI=1S/C21H26N2O4/c24-19(12-27-20(25)11-15-10-13-5-6-14(15)9-13)23-18-4-2-1-3-17(18)21(26)22-16-7-8-16/h1-4,13-16H,5-12H2,(H,22,26)(H,23,24)/t13-,14+,15+/m0/s1. The van der Waals surface area contributed by atoms with Crippen LogP contribution in [0.2, 0.25) is 0 Å². The van der Waals surface area contributed by atoms with Gasteiger partial charge in [0.1, 0.15) is 0 Å². The van der Waals surface area contributed by atoms with Crippen molar-refractivity contribution in [3.63, 3.8) is 0 Å². The van der Waals surface area contributed by atoms with E-state index in [2.05, 4.69) is 10.6 Å². The van der Waals surface area contributed by atoms with Crippen LogP contribution in [0.25, 0.3) is 0 Å². The Morgan fingerprint density at radius 2 is 1.85 bits per heavy atom. The third-order valence-electron chi connectivity index (χ3n) is 6.04. The first kappa shape index (κ1) is 18.0. The van der Waals surface area contributed by atoms with Gasteiger partial charge in [-0.1, -0.05) is 18.6 Å². The van der Waals surface area contributed by atoms with Gasteiger partial charge in [-0.15, -0.1) is 0 Å². The number of ether oxygens (including phenoxy) is 1. The number of carbonyl (C=O) groups is 3. The lowest BCUT2D eigenvalue weighted by atomic mass is 9.86. The van der Waals surface area contributed by atoms with Crippen LogP contribution in [0.4, 0.5) is 5.69 Å². The maximum Gasteiger partial charge on any atom is 0.306 e. The van der Waals surface area contributed by atoms with E-state index in [0.717, 1.165) is 25.2 Å². The van der Waals surface area contributed by atoms with E-state index in [4.69, 9.17) is 4.74 Å². The van der Waals surface area contributed by atoms with Gasteiger partial charge < -0.3 is 15.4 Å². The molecule has 2 bridgehead atoms. The van der Waals surface area contributed by atoms with Crippen LogP contribution in [-0.4, -0.2) is 30.4 Å². The van der Waals surface area contributed by atoms with Crippen LogP contribution in [0.3, 0.4) is 0 Å². The van der Waals surface area contributed by atoms with Crippen molar-refractivity contribution in [3.05, 3.63) is 29.8 Å². The Balaban J connectivity index is 1.25. The van der Waals surface area contributed by atoms with E-state index < -0.39 is 5.91 Å². The predicted molar refractivity (Wildman–Crippen MR) is 100 cm³/mol. The summed E-state index contributed by atoms with van der Waals surface area (Å²) in [7, 11) is 0. The Kier molecular flexibility index (Phi) is 5.14. The molecule has 6 heteroatoms. The molecule has 0 unspecified atom stereocenters. The second-order valence-electron chi connectivity index (χ2n) is 8.14. The molecule has 0 heterocycles. The molecule has 2 N–H and O–H groups in total. The second-order valence-corrected chi connectivity index (χ2v) is 8.14. The fourth-order valence-electron chi connectivity index (χ4n) is 4.51. The fraction of sp³-hybridized carbons (Fsp3) is 0.571. The highest BCUT2D eigenvalue weighted by molar-refractivity contribution is 6.04. The topological polar surface area (TPSA) is 84.5 Å². The van der Waals surface area contributed by atoms with Crippen molar-refractivity contribution in [3.8, 4) is 0 Å². The lowest BCUT2D eigenvalue weighted by Crippen LogP contribution is -2.28. The van der Waals surface area contributed by atoms with Gasteiger partial charge in [-0.3, -0.25) is 14.4 Å². The summed E-state index contributed by atoms with van der Waals surface area (Å²) in [4.78, 5) is 36.5. The lowest BCUT2D eigenvalue weighted by Gasteiger charge is -2.20. The first-order valence-electron chi connectivity index (χ1n) is 9.94. The van der Waals surface area contributed by atoms with Crippen LogP contribution < -0.4 is 10.6 Å². The van der Waals surface area contributed by atoms with E-state index in [1.807, 2.05) is 0 Å². The maximum atomic E-state index is 12.3. The summed E-state index contributed by atoms with van der Waals surface area (Å²) in [5.74, 6) is 0.945. The average molecular weight is 370 g/mol. The molecule has 1 aromatic rings. The van der Waals surface area contributed by atoms with Gasteiger partial charge in [-0.2, -0.15) is 0 Å². The van der Waals surface area contributed by atoms with E-state index in [-0.39, 0.29) is 24.5 Å². The Morgan fingerprint density at radius 1 is 1.04 bits per heavy atom. The normalized spacial score (nSPS) is 25.9. The lowest BCUT2D eigenvalue weighted by molar-refractivity contribution is -0.148. The van der Waals surface area contributed by atoms with Crippen molar-refractivity contribution in [2.75, 3.05) is 11.9 Å². The highest BCUT2D eigenvalue weighted by Crippen LogP contribution is 2.49. The zero-order valence-corrected chi connectivity index (χ0v) is 15.4. The van der Waals surface area contributed by atoms with Crippen molar-refractivity contribution in [1.29, 1.82) is 0 Å². The Bertz CT molecular complexity index is 743. The van der Waals surface area contributed by atoms with Gasteiger partial charge in [-0.25, -0.2) is 0 Å². The van der Waals surface area contributed by atoms with Gasteiger partial charge in [0, 0.05) is 12.5 Å². The fourth-order valence-corrected chi connectivity index (χ4v) is 4.51. The molecule has 0 aromatic heterocycles. The van der Waals surface area contributed by atoms with Crippen molar-refractivity contribution in [1.82, 2.24) is 5.32 Å². The average Bonchev–Trinajstić information content (AvgIpc) is 3.22. The number of benzene rings is 1. The van der Waals surface area contributed by atoms with Crippen LogP contribution in [0.15, 0.2) is 24.3 Å². The van der Waals surface area contributed by atoms with Gasteiger partial charge in [-0.05, 0) is 62.0 Å². The number of esters is 1. The largest absolute Gasteiger partial charge is 0.456 e. The zero-order valence-electron chi connectivity index (χ0n) is 15.4. The van der Waals surface area contributed by atoms with Gasteiger partial charge in [0.05, 0.1) is 11.3 Å². The SMILES string of the molecule is O=C(COC(=O)C[C@H]1C[C@H]2CC[C@@H]1C2)Nc1ccccc1C(=O)NC1CC1. The van der Waals surface area contributed by atoms with Crippen LogP contribution >= 0.6 is 0 Å². The first-order valence-corrected chi connectivity index (χ1v) is 9.94. The van der Waals surface area contributed by atoms with E-state index in [1.165, 1.54) is 19.3 Å². The molecule has 3 fully saturated rings. The minimum atomic E-state index is -0.428. The Hall–Kier alpha value is -2.37. The first-order chi connectivity index (χ1) is 13.1. The summed E-state index contributed by atoms with van der Waals surface area (Å²) in [6.07, 6.45) is 7.30. The van der Waals surface area contributed by atoms with Gasteiger partial charge >= 0.3 is 5.97 Å². The van der Waals surface area contributed by atoms with Crippen molar-refractivity contribution < 1.29 is 19.1 Å². The van der Waals surface area contributed by atoms with Crippen molar-refractivity contribution in [2.24, 2.45) is 17.8 Å². The molecule has 1 aromatic carbocycles. The van der Waals surface area contributed by atoms with Crippen molar-refractivity contribution >= 4 is 23.5 Å². The molecule has 6 nitrogen and oxygen atoms in total. The molecule has 0 spiro atoms. The molecule has 2 amide bonds. The van der Waals surface area contributed by atoms with Crippen LogP contribution in [-0.2, 0) is 14.3 Å². The van der Waals surface area contributed by atoms with E-state index in [9.17, 15) is 14.4 Å². The number of fused-ring (bicyclic) bond motifs is 2. The molecular weight excluding hydrogens is 344 g/mol. The van der Waals surface area contributed by atoms with Crippen molar-refractivity contribution in [2.45, 2.75) is 51.0 Å². The molecule has 144 valence electrons. The molecule has 3 aliphatic carbocycles. The van der Waals surface area contributed by atoms with Gasteiger partial charge in [0.15, 0.2) is 6.61 Å². The highest BCUT2D eigenvalue weighted by atomic mass is 16.5. The van der Waals surface area contributed by atoms with Crippen LogP contribution in [0.1, 0.15) is 55.3 Å². The quantitative estimate of drug-likeness (QED) is 0.723. The summed E-state index contributed by atoms with van der Waals surface area (Å²) in [6, 6.07) is 7.11. The molecule has 0 radical (unpaired) electrons. The molecule has 3 saturated carbocycles.